The average molecular weight is 400 g/mol. The minimum Gasteiger partial charge on any atom is -0.306 e. The summed E-state index contributed by atoms with van der Waals surface area (Å²) < 4.78 is 38.8. The van der Waals surface area contributed by atoms with E-state index in [0.29, 0.717) is 17.0 Å². The van der Waals surface area contributed by atoms with E-state index in [1.165, 1.54) is 19.1 Å². The number of benzene rings is 2. The van der Waals surface area contributed by atoms with Crippen LogP contribution in [0.2, 0.25) is 0 Å². The van der Waals surface area contributed by atoms with E-state index in [1.807, 2.05) is 6.07 Å². The molecule has 1 atom stereocenters. The highest BCUT2D eigenvalue weighted by molar-refractivity contribution is 5.95. The van der Waals surface area contributed by atoms with Gasteiger partial charge in [0.2, 0.25) is 0 Å². The van der Waals surface area contributed by atoms with E-state index >= 15 is 0 Å². The molecule has 0 saturated carbocycles. The second-order valence-electron chi connectivity index (χ2n) is 6.95. The Morgan fingerprint density at radius 1 is 1.10 bits per heavy atom. The number of Topliss-reactive ketones (excluding diaryl/α,β-unsaturated/α-hetero) is 1. The molecule has 1 N–H and O–H groups in total. The lowest BCUT2D eigenvalue weighted by Gasteiger charge is -2.15. The van der Waals surface area contributed by atoms with Crippen molar-refractivity contribution >= 4 is 5.78 Å². The van der Waals surface area contributed by atoms with Crippen molar-refractivity contribution in [3.63, 3.8) is 0 Å². The first-order valence-electron chi connectivity index (χ1n) is 9.03. The lowest BCUT2D eigenvalue weighted by molar-refractivity contribution is -0.138. The smallest absolute Gasteiger partial charge is 0.306 e. The molecule has 4 nitrogen and oxygen atoms in total. The molecule has 0 amide bonds. The molecule has 0 spiro atoms. The summed E-state index contributed by atoms with van der Waals surface area (Å²) >= 11 is 0. The maximum Gasteiger partial charge on any atom is 0.416 e. The van der Waals surface area contributed by atoms with Gasteiger partial charge in [0, 0.05) is 18.1 Å². The number of halogens is 3. The van der Waals surface area contributed by atoms with Crippen LogP contribution in [0, 0.1) is 6.92 Å². The van der Waals surface area contributed by atoms with E-state index in [-0.39, 0.29) is 29.4 Å². The molecule has 1 heterocycles. The molecular formula is C22H19F3N2O2. The summed E-state index contributed by atoms with van der Waals surface area (Å²) in [5.74, 6) is -0.387. The van der Waals surface area contributed by atoms with Gasteiger partial charge in [-0.15, -0.1) is 0 Å². The molecule has 1 aromatic heterocycles. The molecular weight excluding hydrogens is 381 g/mol. The third-order valence-electron chi connectivity index (χ3n) is 4.69. The predicted molar refractivity (Wildman–Crippen MR) is 104 cm³/mol. The Balaban J connectivity index is 1.83. The van der Waals surface area contributed by atoms with Crippen LogP contribution in [0.5, 0.6) is 0 Å². The number of H-pyrrole nitrogens is 1. The number of hydrogen-bond acceptors (Lipinski definition) is 3. The Hall–Kier alpha value is -3.22. The molecule has 0 fully saturated rings. The number of nitrogens with zero attached hydrogens (tertiary/aromatic N) is 1. The number of aromatic amines is 1. The second kappa shape index (κ2) is 8.03. The molecule has 29 heavy (non-hydrogen) atoms. The normalized spacial score (nSPS) is 12.6. The van der Waals surface area contributed by atoms with Gasteiger partial charge in [0.25, 0.3) is 5.56 Å². The first-order chi connectivity index (χ1) is 13.6. The monoisotopic (exact) mass is 400 g/mol. The number of aromatic nitrogens is 2. The minimum atomic E-state index is -4.41. The van der Waals surface area contributed by atoms with Gasteiger partial charge >= 0.3 is 6.18 Å². The molecule has 0 aliphatic heterocycles. The second-order valence-corrected chi connectivity index (χ2v) is 6.95. The summed E-state index contributed by atoms with van der Waals surface area (Å²) in [6.45, 7) is 3.15. The van der Waals surface area contributed by atoms with Gasteiger partial charge in [-0.05, 0) is 30.0 Å². The summed E-state index contributed by atoms with van der Waals surface area (Å²) in [5.41, 5.74) is 0.296. The average Bonchev–Trinajstić information content (AvgIpc) is 2.67. The fourth-order valence-corrected chi connectivity index (χ4v) is 3.15. The first kappa shape index (κ1) is 20.5. The van der Waals surface area contributed by atoms with Gasteiger partial charge < -0.3 is 4.98 Å². The number of alkyl halides is 3. The van der Waals surface area contributed by atoms with Crippen molar-refractivity contribution in [1.29, 1.82) is 0 Å². The van der Waals surface area contributed by atoms with Crippen LogP contribution in [0.4, 0.5) is 13.2 Å². The molecule has 0 unspecified atom stereocenters. The van der Waals surface area contributed by atoms with E-state index in [9.17, 15) is 22.8 Å². The highest BCUT2D eigenvalue weighted by Crippen LogP contribution is 2.33. The lowest BCUT2D eigenvalue weighted by Crippen LogP contribution is -2.15. The standard InChI is InChI=1S/C22H19F3N2O2/c1-13(16-8-9-17(14(2)10-16)22(23,24)25)11-19(28)18-12-20(29)27-21(26-18)15-6-4-3-5-7-15/h3-10,12-13H,11H2,1-2H3,(H,26,27,29)/t13-/m0/s1. The number of ketones is 1. The Labute approximate surface area is 165 Å². The predicted octanol–water partition coefficient (Wildman–Crippen LogP) is 5.14. The van der Waals surface area contributed by atoms with Gasteiger partial charge in [-0.1, -0.05) is 49.4 Å². The number of nitrogens with one attached hydrogen (secondary N) is 1. The van der Waals surface area contributed by atoms with Crippen LogP contribution in [0.3, 0.4) is 0 Å². The topological polar surface area (TPSA) is 62.8 Å². The zero-order valence-electron chi connectivity index (χ0n) is 15.9. The Kier molecular flexibility index (Phi) is 5.68. The summed E-state index contributed by atoms with van der Waals surface area (Å²) in [6.07, 6.45) is -4.39. The highest BCUT2D eigenvalue weighted by atomic mass is 19.4. The quantitative estimate of drug-likeness (QED) is 0.603. The van der Waals surface area contributed by atoms with Crippen LogP contribution in [0.15, 0.2) is 59.4 Å². The van der Waals surface area contributed by atoms with Crippen molar-refractivity contribution in [2.45, 2.75) is 32.4 Å². The van der Waals surface area contributed by atoms with E-state index in [2.05, 4.69) is 9.97 Å². The molecule has 150 valence electrons. The molecule has 0 aliphatic rings. The summed E-state index contributed by atoms with van der Waals surface area (Å²) in [6, 6.07) is 13.9. The number of carbonyl (C=O) groups is 1. The van der Waals surface area contributed by atoms with Crippen LogP contribution < -0.4 is 5.56 Å². The maximum absolute atomic E-state index is 12.9. The van der Waals surface area contributed by atoms with E-state index in [0.717, 1.165) is 12.1 Å². The van der Waals surface area contributed by atoms with Crippen molar-refractivity contribution in [3.05, 3.63) is 87.3 Å². The van der Waals surface area contributed by atoms with Crippen LogP contribution in [-0.4, -0.2) is 15.8 Å². The molecule has 0 aliphatic carbocycles. The van der Waals surface area contributed by atoms with Gasteiger partial charge in [0.15, 0.2) is 5.78 Å². The zero-order valence-corrected chi connectivity index (χ0v) is 15.9. The SMILES string of the molecule is Cc1cc([C@@H](C)CC(=O)c2cc(=O)[nH]c(-c3ccccc3)n2)ccc1C(F)(F)F. The fourth-order valence-electron chi connectivity index (χ4n) is 3.15. The summed E-state index contributed by atoms with van der Waals surface area (Å²) in [5, 5.41) is 0. The Morgan fingerprint density at radius 2 is 1.79 bits per heavy atom. The van der Waals surface area contributed by atoms with Crippen LogP contribution in [0.1, 0.15) is 46.4 Å². The van der Waals surface area contributed by atoms with Crippen molar-refractivity contribution in [2.75, 3.05) is 0 Å². The molecule has 3 aromatic rings. The van der Waals surface area contributed by atoms with Crippen LogP contribution in [-0.2, 0) is 6.18 Å². The fraction of sp³-hybridized carbons (Fsp3) is 0.227. The lowest BCUT2D eigenvalue weighted by atomic mass is 9.92. The zero-order chi connectivity index (χ0) is 21.2. The van der Waals surface area contributed by atoms with Crippen molar-refractivity contribution in [1.82, 2.24) is 9.97 Å². The molecule has 7 heteroatoms. The first-order valence-corrected chi connectivity index (χ1v) is 9.03. The van der Waals surface area contributed by atoms with E-state index in [1.54, 1.807) is 31.2 Å². The van der Waals surface area contributed by atoms with E-state index in [4.69, 9.17) is 0 Å². The Morgan fingerprint density at radius 3 is 2.41 bits per heavy atom. The summed E-state index contributed by atoms with van der Waals surface area (Å²) in [7, 11) is 0. The van der Waals surface area contributed by atoms with Crippen LogP contribution in [0.25, 0.3) is 11.4 Å². The Bertz CT molecular complexity index is 1090. The van der Waals surface area contributed by atoms with Crippen molar-refractivity contribution < 1.29 is 18.0 Å². The third-order valence-corrected chi connectivity index (χ3v) is 4.69. The van der Waals surface area contributed by atoms with Crippen molar-refractivity contribution in [2.24, 2.45) is 0 Å². The largest absolute Gasteiger partial charge is 0.416 e. The van der Waals surface area contributed by atoms with Gasteiger partial charge in [0.05, 0.1) is 5.56 Å². The third kappa shape index (κ3) is 4.80. The van der Waals surface area contributed by atoms with Gasteiger partial charge in [-0.25, -0.2) is 4.98 Å². The minimum absolute atomic E-state index is 0.0233. The van der Waals surface area contributed by atoms with Gasteiger partial charge in [0.1, 0.15) is 11.5 Å². The van der Waals surface area contributed by atoms with E-state index < -0.39 is 17.3 Å². The number of rotatable bonds is 5. The number of carbonyl (C=O) groups excluding carboxylic acids is 1. The number of hydrogen-bond donors (Lipinski definition) is 1. The van der Waals surface area contributed by atoms with Crippen LogP contribution >= 0.6 is 0 Å². The molecule has 0 radical (unpaired) electrons. The summed E-state index contributed by atoms with van der Waals surface area (Å²) in [4.78, 5) is 31.5. The van der Waals surface area contributed by atoms with Gasteiger partial charge in [-0.2, -0.15) is 13.2 Å². The molecule has 3 rings (SSSR count). The van der Waals surface area contributed by atoms with Crippen molar-refractivity contribution in [3.8, 4) is 11.4 Å². The molecule has 0 saturated heterocycles. The highest BCUT2D eigenvalue weighted by Gasteiger charge is 2.32. The number of aryl methyl sites for hydroxylation is 1. The maximum atomic E-state index is 12.9. The van der Waals surface area contributed by atoms with Gasteiger partial charge in [-0.3, -0.25) is 9.59 Å². The molecule has 0 bridgehead atoms. The molecule has 2 aromatic carbocycles.